The van der Waals surface area contributed by atoms with Gasteiger partial charge in [-0.1, -0.05) is 43.7 Å². The van der Waals surface area contributed by atoms with Crippen LogP contribution in [0, 0.1) is 0 Å². The van der Waals surface area contributed by atoms with Crippen LogP contribution in [0.1, 0.15) is 18.9 Å². The van der Waals surface area contributed by atoms with E-state index < -0.39 is 0 Å². The summed E-state index contributed by atoms with van der Waals surface area (Å²) >= 11 is 0.417. The van der Waals surface area contributed by atoms with Crippen molar-refractivity contribution in [2.24, 2.45) is 0 Å². The van der Waals surface area contributed by atoms with Gasteiger partial charge in [0, 0.05) is 0 Å². The van der Waals surface area contributed by atoms with Crippen LogP contribution in [0.2, 0.25) is 11.6 Å². The molecule has 1 aromatic carbocycles. The fraction of sp³-hybridized carbons (Fsp3) is 0.455. The molecule has 0 fully saturated rings. The molecule has 0 atom stereocenters. The van der Waals surface area contributed by atoms with E-state index in [9.17, 15) is 0 Å². The van der Waals surface area contributed by atoms with Crippen molar-refractivity contribution in [3.8, 4) is 0 Å². The van der Waals surface area contributed by atoms with Gasteiger partial charge in [0.15, 0.2) is 0 Å². The fourth-order valence-corrected chi connectivity index (χ4v) is 0.933. The van der Waals surface area contributed by atoms with E-state index in [0.29, 0.717) is 15.2 Å². The molecule has 0 heterocycles. The maximum absolute atomic E-state index is 2.26. The fourth-order valence-electron chi connectivity index (χ4n) is 0.933. The van der Waals surface area contributed by atoms with Crippen LogP contribution in [0.3, 0.4) is 0 Å². The average Bonchev–Trinajstić information content (AvgIpc) is 2.08. The van der Waals surface area contributed by atoms with Crippen molar-refractivity contribution in [1.29, 1.82) is 0 Å². The molecular formula is C11H19Al. The zero-order chi connectivity index (χ0) is 9.23. The van der Waals surface area contributed by atoms with Crippen LogP contribution in [0.25, 0.3) is 0 Å². The molecule has 0 nitrogen and oxygen atoms in total. The highest BCUT2D eigenvalue weighted by molar-refractivity contribution is 6.31. The predicted molar refractivity (Wildman–Crippen MR) is 59.3 cm³/mol. The molecule has 1 rings (SSSR count). The minimum Gasteiger partial charge on any atom is -0.109 e. The van der Waals surface area contributed by atoms with E-state index >= 15 is 0 Å². The van der Waals surface area contributed by atoms with Crippen molar-refractivity contribution in [2.75, 3.05) is 0 Å². The van der Waals surface area contributed by atoms with Crippen molar-refractivity contribution in [3.63, 3.8) is 0 Å². The van der Waals surface area contributed by atoms with Crippen molar-refractivity contribution in [2.45, 2.75) is 31.3 Å². The first-order chi connectivity index (χ1) is 5.85. The highest BCUT2D eigenvalue weighted by Gasteiger charge is 1.84. The lowest BCUT2D eigenvalue weighted by atomic mass is 10.1. The highest BCUT2D eigenvalue weighted by Crippen LogP contribution is 2.00. The van der Waals surface area contributed by atoms with E-state index in [1.54, 1.807) is 0 Å². The van der Waals surface area contributed by atoms with Gasteiger partial charge >= 0.3 is 0 Å². The van der Waals surface area contributed by atoms with Gasteiger partial charge in [0.2, 0.25) is 15.2 Å². The van der Waals surface area contributed by atoms with Crippen molar-refractivity contribution in [3.05, 3.63) is 35.9 Å². The molecule has 0 saturated carbocycles. The molecule has 0 saturated heterocycles. The lowest BCUT2D eigenvalue weighted by molar-refractivity contribution is 0.922. The summed E-state index contributed by atoms with van der Waals surface area (Å²) in [6.07, 6.45) is 2.45. The van der Waals surface area contributed by atoms with Gasteiger partial charge < -0.3 is 0 Å². The molecule has 0 aliphatic carbocycles. The average molecular weight is 178 g/mol. The first-order valence-corrected chi connectivity index (χ1v) is 7.71. The van der Waals surface area contributed by atoms with E-state index in [0.717, 1.165) is 0 Å². The Morgan fingerprint density at radius 2 is 1.58 bits per heavy atom. The summed E-state index contributed by atoms with van der Waals surface area (Å²) in [4.78, 5) is 0. The standard InChI is InChI=1S/C9H12.2CH3.Al.H/c1-2-6-9-7-4-3-5-8-9;;;;/h3-5,7-8H,2,6H2,1H3;2*1H3;;. The molecule has 0 unspecified atom stereocenters. The minimum atomic E-state index is 0.417. The zero-order valence-corrected chi connectivity index (χ0v) is 9.92. The van der Waals surface area contributed by atoms with Crippen molar-refractivity contribution < 1.29 is 0 Å². The zero-order valence-electron chi connectivity index (χ0n) is 8.51. The van der Waals surface area contributed by atoms with Crippen LogP contribution >= 0.6 is 0 Å². The third-order valence-corrected chi connectivity index (χ3v) is 1.38. The smallest absolute Gasteiger partial charge is 0.109 e. The molecule has 66 valence electrons. The second-order valence-electron chi connectivity index (χ2n) is 2.94. The van der Waals surface area contributed by atoms with E-state index in [2.05, 4.69) is 48.8 Å². The van der Waals surface area contributed by atoms with E-state index in [1.165, 1.54) is 18.4 Å². The van der Waals surface area contributed by atoms with Gasteiger partial charge in [-0.15, -0.1) is 11.6 Å². The van der Waals surface area contributed by atoms with Crippen LogP contribution in [0.5, 0.6) is 0 Å². The Morgan fingerprint density at radius 3 is 2.00 bits per heavy atom. The summed E-state index contributed by atoms with van der Waals surface area (Å²) in [5, 5.41) is 0. The Balaban J connectivity index is 0.000000354. The monoisotopic (exact) mass is 178 g/mol. The maximum atomic E-state index is 2.26. The number of rotatable bonds is 2. The van der Waals surface area contributed by atoms with E-state index in [-0.39, 0.29) is 0 Å². The molecule has 0 bridgehead atoms. The summed E-state index contributed by atoms with van der Waals surface area (Å²) in [6.45, 7) is 2.20. The van der Waals surface area contributed by atoms with E-state index in [4.69, 9.17) is 0 Å². The lowest BCUT2D eigenvalue weighted by Crippen LogP contribution is -1.78. The van der Waals surface area contributed by atoms with Crippen LogP contribution in [-0.4, -0.2) is 15.2 Å². The van der Waals surface area contributed by atoms with Crippen molar-refractivity contribution >= 4 is 15.2 Å². The topological polar surface area (TPSA) is 0 Å². The summed E-state index contributed by atoms with van der Waals surface area (Å²) in [7, 11) is 0. The van der Waals surface area contributed by atoms with Crippen LogP contribution in [-0.2, 0) is 6.42 Å². The van der Waals surface area contributed by atoms with Crippen LogP contribution < -0.4 is 0 Å². The Bertz CT molecular complexity index is 170. The highest BCUT2D eigenvalue weighted by atomic mass is 27.1. The Hall–Kier alpha value is -0.248. The van der Waals surface area contributed by atoms with Crippen LogP contribution in [0.4, 0.5) is 0 Å². The van der Waals surface area contributed by atoms with Crippen molar-refractivity contribution in [1.82, 2.24) is 0 Å². The molecule has 0 spiro atoms. The van der Waals surface area contributed by atoms with Gasteiger partial charge in [0.05, 0.1) is 0 Å². The van der Waals surface area contributed by atoms with Gasteiger partial charge in [-0.2, -0.15) is 0 Å². The summed E-state index contributed by atoms with van der Waals surface area (Å²) < 4.78 is 0. The molecule has 0 aromatic heterocycles. The number of aryl methyl sites for hydroxylation is 1. The van der Waals surface area contributed by atoms with Gasteiger partial charge in [-0.3, -0.25) is 0 Å². The number of hydrogen-bond acceptors (Lipinski definition) is 0. The largest absolute Gasteiger partial charge is 0.229 e. The first-order valence-electron chi connectivity index (χ1n) is 4.89. The molecule has 0 radical (unpaired) electrons. The summed E-state index contributed by atoms with van der Waals surface area (Å²) in [5.41, 5.74) is 1.44. The molecule has 0 N–H and O–H groups in total. The lowest BCUT2D eigenvalue weighted by Gasteiger charge is -1.93. The quantitative estimate of drug-likeness (QED) is 0.610. The van der Waals surface area contributed by atoms with Crippen LogP contribution in [0.15, 0.2) is 30.3 Å². The maximum Gasteiger partial charge on any atom is 0.229 e. The van der Waals surface area contributed by atoms with Gasteiger partial charge in [-0.25, -0.2) is 0 Å². The summed E-state index contributed by atoms with van der Waals surface area (Å²) in [6, 6.07) is 10.6. The number of hydrogen-bond donors (Lipinski definition) is 0. The molecular weight excluding hydrogens is 159 g/mol. The normalized spacial score (nSPS) is 8.25. The minimum absolute atomic E-state index is 0.417. The van der Waals surface area contributed by atoms with E-state index in [1.807, 2.05) is 0 Å². The third-order valence-electron chi connectivity index (χ3n) is 1.38. The predicted octanol–water partition coefficient (Wildman–Crippen LogP) is 3.16. The second kappa shape index (κ2) is 8.85. The Kier molecular flexibility index (Phi) is 8.66. The molecule has 12 heavy (non-hydrogen) atoms. The molecule has 1 heteroatoms. The van der Waals surface area contributed by atoms with Gasteiger partial charge in [-0.05, 0) is 12.0 Å². The molecule has 1 aromatic rings. The van der Waals surface area contributed by atoms with Gasteiger partial charge in [0.25, 0.3) is 0 Å². The summed E-state index contributed by atoms with van der Waals surface area (Å²) in [5.74, 6) is 4.53. The first kappa shape index (κ1) is 11.8. The molecule has 0 amide bonds. The number of benzene rings is 1. The SMILES string of the molecule is CCCc1ccccc1.[CH3][AlH][CH3]. The third kappa shape index (κ3) is 6.46. The van der Waals surface area contributed by atoms with Gasteiger partial charge in [0.1, 0.15) is 0 Å². The Morgan fingerprint density at radius 1 is 1.08 bits per heavy atom. The second-order valence-corrected chi connectivity index (χ2v) is 4.36. The molecule has 0 aliphatic rings. The molecule has 0 aliphatic heterocycles. The Labute approximate surface area is 82.7 Å².